The Balaban J connectivity index is 2.18. The minimum atomic E-state index is -0.278. The summed E-state index contributed by atoms with van der Waals surface area (Å²) in [6.07, 6.45) is 0. The molecule has 0 aromatic heterocycles. The number of methoxy groups -OCH3 is 2. The van der Waals surface area contributed by atoms with E-state index in [0.717, 1.165) is 11.3 Å². The van der Waals surface area contributed by atoms with Crippen LogP contribution in [0.25, 0.3) is 0 Å². The molecule has 1 rings (SSSR count). The molecule has 2 N–H and O–H groups in total. The highest BCUT2D eigenvalue weighted by Gasteiger charge is 2.00. The van der Waals surface area contributed by atoms with E-state index in [1.165, 1.54) is 0 Å². The predicted molar refractivity (Wildman–Crippen MR) is 71.1 cm³/mol. The van der Waals surface area contributed by atoms with Crippen molar-refractivity contribution in [3.63, 3.8) is 0 Å². The van der Waals surface area contributed by atoms with Crippen molar-refractivity contribution in [3.8, 4) is 5.75 Å². The summed E-state index contributed by atoms with van der Waals surface area (Å²) in [5.41, 5.74) is 0.967. The SMILES string of the molecule is COCCOCNC(=O)NCc1cccc(OC)c1. The van der Waals surface area contributed by atoms with Gasteiger partial charge in [0.15, 0.2) is 0 Å². The first-order valence-corrected chi connectivity index (χ1v) is 5.97. The molecule has 0 fully saturated rings. The second kappa shape index (κ2) is 9.18. The summed E-state index contributed by atoms with van der Waals surface area (Å²) in [4.78, 5) is 11.4. The second-order valence-electron chi connectivity index (χ2n) is 3.76. The molecule has 0 unspecified atom stereocenters. The van der Waals surface area contributed by atoms with Crippen LogP contribution in [-0.2, 0) is 16.0 Å². The highest BCUT2D eigenvalue weighted by molar-refractivity contribution is 5.73. The molecule has 6 nitrogen and oxygen atoms in total. The maximum atomic E-state index is 11.4. The summed E-state index contributed by atoms with van der Waals surface area (Å²) in [7, 11) is 3.20. The number of nitrogens with one attached hydrogen (secondary N) is 2. The zero-order valence-corrected chi connectivity index (χ0v) is 11.3. The van der Waals surface area contributed by atoms with E-state index in [4.69, 9.17) is 14.2 Å². The molecule has 0 radical (unpaired) electrons. The van der Waals surface area contributed by atoms with E-state index in [-0.39, 0.29) is 12.8 Å². The summed E-state index contributed by atoms with van der Waals surface area (Å²) in [6, 6.07) is 7.24. The Hall–Kier alpha value is -1.79. The van der Waals surface area contributed by atoms with E-state index in [9.17, 15) is 4.79 Å². The van der Waals surface area contributed by atoms with Gasteiger partial charge in [-0.1, -0.05) is 12.1 Å². The first kappa shape index (κ1) is 15.3. The molecule has 0 aliphatic heterocycles. The number of urea groups is 1. The lowest BCUT2D eigenvalue weighted by molar-refractivity contribution is 0.0642. The van der Waals surface area contributed by atoms with E-state index < -0.39 is 0 Å². The minimum Gasteiger partial charge on any atom is -0.497 e. The Morgan fingerprint density at radius 2 is 2.05 bits per heavy atom. The van der Waals surface area contributed by atoms with Crippen LogP contribution in [0, 0.1) is 0 Å². The van der Waals surface area contributed by atoms with Crippen LogP contribution in [0.5, 0.6) is 5.75 Å². The van der Waals surface area contributed by atoms with Crippen LogP contribution < -0.4 is 15.4 Å². The van der Waals surface area contributed by atoms with Crippen LogP contribution in [0.3, 0.4) is 0 Å². The molecule has 0 saturated heterocycles. The first-order chi connectivity index (χ1) is 9.26. The molecule has 0 bridgehead atoms. The average molecular weight is 268 g/mol. The maximum absolute atomic E-state index is 11.4. The number of hydrogen-bond donors (Lipinski definition) is 2. The molecule has 106 valence electrons. The standard InChI is InChI=1S/C13H20N2O4/c1-17-6-7-19-10-15-13(16)14-9-11-4-3-5-12(8-11)18-2/h3-5,8H,6-7,9-10H2,1-2H3,(H2,14,15,16). The van der Waals surface area contributed by atoms with Gasteiger partial charge in [-0.25, -0.2) is 4.79 Å². The van der Waals surface area contributed by atoms with Gasteiger partial charge in [-0.05, 0) is 17.7 Å². The van der Waals surface area contributed by atoms with Gasteiger partial charge in [0, 0.05) is 13.7 Å². The number of carbonyl (C=O) groups excluding carboxylic acids is 1. The summed E-state index contributed by atoms with van der Waals surface area (Å²) >= 11 is 0. The van der Waals surface area contributed by atoms with Crippen molar-refractivity contribution in [3.05, 3.63) is 29.8 Å². The Bertz CT molecular complexity index is 385. The lowest BCUT2D eigenvalue weighted by Crippen LogP contribution is -2.36. The minimum absolute atomic E-state index is 0.160. The molecule has 1 aromatic rings. The quantitative estimate of drug-likeness (QED) is 0.547. The normalized spacial score (nSPS) is 10.0. The zero-order chi connectivity index (χ0) is 13.9. The van der Waals surface area contributed by atoms with E-state index in [1.54, 1.807) is 14.2 Å². The van der Waals surface area contributed by atoms with Crippen LogP contribution in [0.15, 0.2) is 24.3 Å². The fourth-order valence-corrected chi connectivity index (χ4v) is 1.36. The van der Waals surface area contributed by atoms with Crippen LogP contribution in [-0.4, -0.2) is 40.2 Å². The van der Waals surface area contributed by atoms with Crippen molar-refractivity contribution in [2.45, 2.75) is 6.54 Å². The fraction of sp³-hybridized carbons (Fsp3) is 0.462. The van der Waals surface area contributed by atoms with Gasteiger partial charge in [0.2, 0.25) is 0 Å². The molecule has 0 atom stereocenters. The van der Waals surface area contributed by atoms with Gasteiger partial charge in [0.25, 0.3) is 0 Å². The van der Waals surface area contributed by atoms with Gasteiger partial charge in [-0.2, -0.15) is 0 Å². The predicted octanol–water partition coefficient (Wildman–Crippen LogP) is 1.11. The lowest BCUT2D eigenvalue weighted by atomic mass is 10.2. The summed E-state index contributed by atoms with van der Waals surface area (Å²) in [5.74, 6) is 0.766. The third-order valence-corrected chi connectivity index (χ3v) is 2.35. The third-order valence-electron chi connectivity index (χ3n) is 2.35. The van der Waals surface area contributed by atoms with Gasteiger partial charge >= 0.3 is 6.03 Å². The summed E-state index contributed by atoms with van der Waals surface area (Å²) in [5, 5.41) is 5.31. The molecule has 0 saturated carbocycles. The smallest absolute Gasteiger partial charge is 0.316 e. The lowest BCUT2D eigenvalue weighted by Gasteiger charge is -2.09. The van der Waals surface area contributed by atoms with Crippen LogP contribution >= 0.6 is 0 Å². The van der Waals surface area contributed by atoms with Gasteiger partial charge in [-0.15, -0.1) is 0 Å². The van der Waals surface area contributed by atoms with Gasteiger partial charge in [-0.3, -0.25) is 0 Å². The van der Waals surface area contributed by atoms with Crippen LogP contribution in [0.1, 0.15) is 5.56 Å². The van der Waals surface area contributed by atoms with E-state index in [0.29, 0.717) is 19.8 Å². The molecular formula is C13H20N2O4. The molecule has 6 heteroatoms. The summed E-state index contributed by atoms with van der Waals surface area (Å²) in [6.45, 7) is 1.55. The molecule has 0 aliphatic rings. The third kappa shape index (κ3) is 6.64. The number of rotatable bonds is 8. The van der Waals surface area contributed by atoms with Gasteiger partial charge < -0.3 is 24.8 Å². The number of amides is 2. The van der Waals surface area contributed by atoms with Crippen molar-refractivity contribution >= 4 is 6.03 Å². The molecule has 2 amide bonds. The molecule has 1 aromatic carbocycles. The van der Waals surface area contributed by atoms with Crippen molar-refractivity contribution in [1.29, 1.82) is 0 Å². The Morgan fingerprint density at radius 3 is 2.79 bits per heavy atom. The van der Waals surface area contributed by atoms with Crippen molar-refractivity contribution in [2.24, 2.45) is 0 Å². The Kier molecular flexibility index (Phi) is 7.38. The Morgan fingerprint density at radius 1 is 1.21 bits per heavy atom. The molecule has 0 heterocycles. The maximum Gasteiger partial charge on any atom is 0.316 e. The van der Waals surface area contributed by atoms with E-state index in [2.05, 4.69) is 10.6 Å². The first-order valence-electron chi connectivity index (χ1n) is 5.97. The number of hydrogen-bond acceptors (Lipinski definition) is 4. The van der Waals surface area contributed by atoms with E-state index in [1.807, 2.05) is 24.3 Å². The van der Waals surface area contributed by atoms with Crippen LogP contribution in [0.2, 0.25) is 0 Å². The van der Waals surface area contributed by atoms with Crippen LogP contribution in [0.4, 0.5) is 4.79 Å². The number of ether oxygens (including phenoxy) is 3. The van der Waals surface area contributed by atoms with Crippen molar-refractivity contribution in [2.75, 3.05) is 34.2 Å². The topological polar surface area (TPSA) is 68.8 Å². The zero-order valence-electron chi connectivity index (χ0n) is 11.3. The fourth-order valence-electron chi connectivity index (χ4n) is 1.36. The van der Waals surface area contributed by atoms with E-state index >= 15 is 0 Å². The molecular weight excluding hydrogens is 248 g/mol. The largest absolute Gasteiger partial charge is 0.497 e. The molecule has 0 aliphatic carbocycles. The monoisotopic (exact) mass is 268 g/mol. The average Bonchev–Trinajstić information content (AvgIpc) is 2.45. The Labute approximate surface area is 113 Å². The summed E-state index contributed by atoms with van der Waals surface area (Å²) < 4.78 is 15.0. The highest BCUT2D eigenvalue weighted by Crippen LogP contribution is 2.11. The highest BCUT2D eigenvalue weighted by atomic mass is 16.5. The van der Waals surface area contributed by atoms with Gasteiger partial charge in [0.1, 0.15) is 12.5 Å². The number of carbonyl (C=O) groups is 1. The van der Waals surface area contributed by atoms with Gasteiger partial charge in [0.05, 0.1) is 20.3 Å². The molecule has 19 heavy (non-hydrogen) atoms. The molecule has 0 spiro atoms. The second-order valence-corrected chi connectivity index (χ2v) is 3.76. The van der Waals surface area contributed by atoms with Crippen molar-refractivity contribution in [1.82, 2.24) is 10.6 Å². The number of benzene rings is 1. The van der Waals surface area contributed by atoms with Crippen molar-refractivity contribution < 1.29 is 19.0 Å².